The van der Waals surface area contributed by atoms with Crippen LogP contribution < -0.4 is 5.32 Å². The second-order valence-corrected chi connectivity index (χ2v) is 9.48. The van der Waals surface area contributed by atoms with E-state index >= 15 is 0 Å². The summed E-state index contributed by atoms with van der Waals surface area (Å²) in [6.45, 7) is 3.47. The van der Waals surface area contributed by atoms with E-state index in [1.807, 2.05) is 0 Å². The van der Waals surface area contributed by atoms with Gasteiger partial charge in [0.05, 0.1) is 5.69 Å². The molecule has 4 rings (SSSR count). The smallest absolute Gasteiger partial charge is 0.227 e. The number of sulfone groups is 1. The van der Waals surface area contributed by atoms with Crippen LogP contribution >= 0.6 is 0 Å². The minimum Gasteiger partial charge on any atom is -0.389 e. The highest BCUT2D eigenvalue weighted by molar-refractivity contribution is 8.05. The fourth-order valence-electron chi connectivity index (χ4n) is 2.82. The lowest BCUT2D eigenvalue weighted by atomic mass is 10.1. The largest absolute Gasteiger partial charge is 0.389 e. The average Bonchev–Trinajstić information content (AvgIpc) is 3.28. The zero-order valence-electron chi connectivity index (χ0n) is 14.8. The van der Waals surface area contributed by atoms with Gasteiger partial charge in [-0.1, -0.05) is 10.3 Å². The molecule has 1 aliphatic carbocycles. The van der Waals surface area contributed by atoms with E-state index in [0.29, 0.717) is 0 Å². The number of hydrogen-bond donors (Lipinski definition) is 1. The van der Waals surface area contributed by atoms with E-state index < -0.39 is 27.0 Å². The molecular formula is C17H18FN3O5S. The van der Waals surface area contributed by atoms with Gasteiger partial charge >= 0.3 is 0 Å². The van der Waals surface area contributed by atoms with Gasteiger partial charge in [-0.05, 0) is 32.8 Å². The van der Waals surface area contributed by atoms with Crippen LogP contribution in [0.25, 0.3) is 11.0 Å². The first-order valence-corrected chi connectivity index (χ1v) is 10.2. The second kappa shape index (κ2) is 6.01. The molecule has 8 nitrogen and oxygen atoms in total. The molecule has 0 saturated heterocycles. The van der Waals surface area contributed by atoms with E-state index in [0.717, 1.165) is 18.9 Å². The quantitative estimate of drug-likeness (QED) is 0.852. The van der Waals surface area contributed by atoms with Crippen molar-refractivity contribution in [2.75, 3.05) is 5.32 Å². The summed E-state index contributed by atoms with van der Waals surface area (Å²) in [6, 6.07) is 2.43. The van der Waals surface area contributed by atoms with Gasteiger partial charge in [0.2, 0.25) is 15.7 Å². The van der Waals surface area contributed by atoms with Crippen LogP contribution in [0.4, 0.5) is 10.1 Å². The lowest BCUT2D eigenvalue weighted by Gasteiger charge is -2.13. The van der Waals surface area contributed by atoms with E-state index in [1.165, 1.54) is 6.07 Å². The Balaban J connectivity index is 1.60. The predicted octanol–water partition coefficient (Wildman–Crippen LogP) is 2.74. The molecule has 1 fully saturated rings. The number of carbonyl (C=O) groups excluding carboxylic acids is 1. The number of nitrogens with zero attached hydrogens (tertiary/aromatic N) is 2. The minimum absolute atomic E-state index is 0.0136. The molecule has 0 atom stereocenters. The summed E-state index contributed by atoms with van der Waals surface area (Å²) in [6.07, 6.45) is 1.74. The molecule has 2 aromatic rings. The highest BCUT2D eigenvalue weighted by atomic mass is 32.2. The zero-order valence-corrected chi connectivity index (χ0v) is 15.6. The summed E-state index contributed by atoms with van der Waals surface area (Å²) in [4.78, 5) is 16.9. The van der Waals surface area contributed by atoms with Crippen LogP contribution in [0.1, 0.15) is 38.8 Å². The van der Waals surface area contributed by atoms with E-state index in [9.17, 15) is 17.6 Å². The molecule has 0 spiro atoms. The van der Waals surface area contributed by atoms with Crippen LogP contribution in [-0.4, -0.2) is 30.1 Å². The maximum atomic E-state index is 14.4. The average molecular weight is 395 g/mol. The molecule has 1 aromatic carbocycles. The first kappa shape index (κ1) is 17.9. The standard InChI is InChI=1S/C17H18FN3O5S/c1-17(2)7-15(21-26-17)27(23,24)8-13-10-5-11(18)12(6-14(10)25-20-13)19-16(22)9-3-4-9/h5-6,9H,3-4,7-8H2,1-2H3,(H,19,22). The van der Waals surface area contributed by atoms with E-state index in [4.69, 9.17) is 9.36 Å². The van der Waals surface area contributed by atoms with Gasteiger partial charge < -0.3 is 14.7 Å². The molecule has 1 saturated carbocycles. The van der Waals surface area contributed by atoms with E-state index in [1.54, 1.807) is 13.8 Å². The number of nitrogens with one attached hydrogen (secondary N) is 1. The van der Waals surface area contributed by atoms with Gasteiger partial charge in [-0.2, -0.15) is 0 Å². The first-order chi connectivity index (χ1) is 12.6. The van der Waals surface area contributed by atoms with Gasteiger partial charge in [-0.3, -0.25) is 4.79 Å². The highest BCUT2D eigenvalue weighted by Crippen LogP contribution is 2.33. The molecule has 1 aromatic heterocycles. The zero-order chi connectivity index (χ0) is 19.4. The molecule has 1 amide bonds. The Morgan fingerprint density at radius 3 is 2.74 bits per heavy atom. The molecule has 1 aliphatic heterocycles. The van der Waals surface area contributed by atoms with Crippen molar-refractivity contribution in [2.45, 2.75) is 44.5 Å². The summed E-state index contributed by atoms with van der Waals surface area (Å²) in [5.41, 5.74) is -0.427. The van der Waals surface area contributed by atoms with Crippen molar-refractivity contribution < 1.29 is 27.0 Å². The van der Waals surface area contributed by atoms with Crippen molar-refractivity contribution >= 4 is 37.4 Å². The van der Waals surface area contributed by atoms with E-state index in [2.05, 4.69) is 15.6 Å². The van der Waals surface area contributed by atoms with Gasteiger partial charge in [0.1, 0.15) is 22.9 Å². The molecule has 1 N–H and O–H groups in total. The molecule has 0 unspecified atom stereocenters. The molecule has 0 bridgehead atoms. The molecule has 0 radical (unpaired) electrons. The number of amides is 1. The molecule has 10 heteroatoms. The van der Waals surface area contributed by atoms with Crippen LogP contribution in [0.5, 0.6) is 0 Å². The lowest BCUT2D eigenvalue weighted by Crippen LogP contribution is -2.23. The van der Waals surface area contributed by atoms with E-state index in [-0.39, 0.29) is 45.6 Å². The van der Waals surface area contributed by atoms with Crippen LogP contribution in [0.15, 0.2) is 21.8 Å². The molecular weight excluding hydrogens is 377 g/mol. The number of halogens is 1. The van der Waals surface area contributed by atoms with Gasteiger partial charge in [0.25, 0.3) is 0 Å². The van der Waals surface area contributed by atoms with Gasteiger partial charge in [-0.25, -0.2) is 12.8 Å². The van der Waals surface area contributed by atoms with Crippen LogP contribution in [-0.2, 0) is 25.2 Å². The number of hydrogen-bond acceptors (Lipinski definition) is 7. The number of carbonyl (C=O) groups is 1. The Hall–Kier alpha value is -2.49. The summed E-state index contributed by atoms with van der Waals surface area (Å²) in [7, 11) is -3.78. The van der Waals surface area contributed by atoms with Crippen LogP contribution in [0.3, 0.4) is 0 Å². The topological polar surface area (TPSA) is 111 Å². The highest BCUT2D eigenvalue weighted by Gasteiger charge is 2.37. The third-order valence-electron chi connectivity index (χ3n) is 4.50. The van der Waals surface area contributed by atoms with Crippen LogP contribution in [0, 0.1) is 11.7 Å². The third kappa shape index (κ3) is 3.53. The Morgan fingerprint density at radius 1 is 1.37 bits per heavy atom. The number of oxime groups is 1. The fourth-order valence-corrected chi connectivity index (χ4v) is 4.27. The maximum Gasteiger partial charge on any atom is 0.227 e. The Morgan fingerprint density at radius 2 is 2.11 bits per heavy atom. The summed E-state index contributed by atoms with van der Waals surface area (Å²) < 4.78 is 44.7. The number of rotatable bonds is 4. The lowest BCUT2D eigenvalue weighted by molar-refractivity contribution is -0.117. The molecule has 2 heterocycles. The van der Waals surface area contributed by atoms with Gasteiger partial charge in [0.15, 0.2) is 10.6 Å². The van der Waals surface area contributed by atoms with Crippen molar-refractivity contribution in [3.05, 3.63) is 23.6 Å². The molecule has 27 heavy (non-hydrogen) atoms. The Labute approximate surface area is 154 Å². The second-order valence-electron chi connectivity index (χ2n) is 7.49. The van der Waals surface area contributed by atoms with Gasteiger partial charge in [0, 0.05) is 23.8 Å². The summed E-state index contributed by atoms with van der Waals surface area (Å²) >= 11 is 0. The number of fused-ring (bicyclic) bond motifs is 1. The first-order valence-electron chi connectivity index (χ1n) is 8.51. The van der Waals surface area contributed by atoms with Crippen molar-refractivity contribution in [2.24, 2.45) is 11.1 Å². The Bertz CT molecular complexity index is 1070. The summed E-state index contributed by atoms with van der Waals surface area (Å²) in [5, 5.41) is 10.1. The van der Waals surface area contributed by atoms with Crippen molar-refractivity contribution in [3.63, 3.8) is 0 Å². The molecule has 2 aliphatic rings. The fraction of sp³-hybridized carbons (Fsp3) is 0.471. The van der Waals surface area contributed by atoms with Crippen molar-refractivity contribution in [3.8, 4) is 0 Å². The van der Waals surface area contributed by atoms with Gasteiger partial charge in [-0.15, -0.1) is 0 Å². The number of aromatic nitrogens is 1. The SMILES string of the molecule is CC1(C)CC(S(=O)(=O)Cc2noc3cc(NC(=O)C4CC4)c(F)cc23)=NO1. The monoisotopic (exact) mass is 395 g/mol. The molecule has 144 valence electrons. The predicted molar refractivity (Wildman–Crippen MR) is 95.2 cm³/mol. The third-order valence-corrected chi connectivity index (χ3v) is 6.09. The number of benzene rings is 1. The van der Waals surface area contributed by atoms with Crippen molar-refractivity contribution in [1.82, 2.24) is 5.16 Å². The number of anilines is 1. The Kier molecular flexibility index (Phi) is 3.99. The minimum atomic E-state index is -3.78. The van der Waals surface area contributed by atoms with Crippen LogP contribution in [0.2, 0.25) is 0 Å². The van der Waals surface area contributed by atoms with Crippen molar-refractivity contribution in [1.29, 1.82) is 0 Å². The normalized spacial score (nSPS) is 19.0. The summed E-state index contributed by atoms with van der Waals surface area (Å²) in [5.74, 6) is -1.47. The maximum absolute atomic E-state index is 14.4.